The molecule has 1 amide bonds. The van der Waals surface area contributed by atoms with Crippen LogP contribution in [0.4, 0.5) is 11.5 Å². The van der Waals surface area contributed by atoms with Crippen molar-refractivity contribution in [2.24, 2.45) is 0 Å². The summed E-state index contributed by atoms with van der Waals surface area (Å²) in [5.74, 6) is 1.40. The lowest BCUT2D eigenvalue weighted by atomic mass is 10.0. The van der Waals surface area contributed by atoms with Crippen LogP contribution in [0, 0.1) is 0 Å². The fraction of sp³-hybridized carbons (Fsp3) is 0.355. The van der Waals surface area contributed by atoms with Crippen LogP contribution in [0.25, 0.3) is 10.2 Å². The summed E-state index contributed by atoms with van der Waals surface area (Å²) in [5, 5.41) is 4.94. The molecule has 6 rings (SSSR count). The van der Waals surface area contributed by atoms with Gasteiger partial charge in [-0.1, -0.05) is 30.2 Å². The van der Waals surface area contributed by atoms with Crippen molar-refractivity contribution in [3.63, 3.8) is 0 Å². The van der Waals surface area contributed by atoms with E-state index in [-0.39, 0.29) is 5.91 Å². The summed E-state index contributed by atoms with van der Waals surface area (Å²) in [5.41, 5.74) is 2.85. The molecular formula is C31H33ClN6O2S. The van der Waals surface area contributed by atoms with Gasteiger partial charge < -0.3 is 15.0 Å². The molecule has 2 aliphatic rings. The quantitative estimate of drug-likeness (QED) is 0.239. The van der Waals surface area contributed by atoms with Gasteiger partial charge in [0.2, 0.25) is 5.91 Å². The fourth-order valence-electron chi connectivity index (χ4n) is 5.50. The second-order valence-corrected chi connectivity index (χ2v) is 12.0. The number of piperidine rings is 1. The number of nitrogens with zero attached hydrogens (tertiary/aromatic N) is 5. The number of fused-ring (bicyclic) bond motifs is 3. The smallest absolute Gasteiger partial charge is 0.246 e. The lowest BCUT2D eigenvalue weighted by molar-refractivity contribution is -0.126. The second kappa shape index (κ2) is 12.5. The van der Waals surface area contributed by atoms with Crippen LogP contribution in [0.2, 0.25) is 5.02 Å². The number of carbonyl (C=O) groups excluding carboxylic acids is 1. The molecule has 2 aliphatic heterocycles. The van der Waals surface area contributed by atoms with Gasteiger partial charge in [0.05, 0.1) is 22.6 Å². The molecule has 1 atom stereocenters. The van der Waals surface area contributed by atoms with Crippen LogP contribution in [-0.4, -0.2) is 56.3 Å². The summed E-state index contributed by atoms with van der Waals surface area (Å²) < 4.78 is 5.86. The van der Waals surface area contributed by atoms with Gasteiger partial charge in [-0.3, -0.25) is 14.7 Å². The molecule has 8 nitrogen and oxygen atoms in total. The van der Waals surface area contributed by atoms with Crippen LogP contribution in [0.3, 0.4) is 0 Å². The van der Waals surface area contributed by atoms with Crippen molar-refractivity contribution in [1.82, 2.24) is 24.8 Å². The van der Waals surface area contributed by atoms with Crippen molar-refractivity contribution >= 4 is 50.6 Å². The number of rotatable bonds is 8. The molecular weight excluding hydrogens is 556 g/mol. The predicted molar refractivity (Wildman–Crippen MR) is 164 cm³/mol. The van der Waals surface area contributed by atoms with Crippen molar-refractivity contribution in [3.05, 3.63) is 82.2 Å². The maximum absolute atomic E-state index is 13.0. The molecule has 0 saturated carbocycles. The number of aromatic nitrogens is 3. The van der Waals surface area contributed by atoms with Gasteiger partial charge in [0.15, 0.2) is 0 Å². The van der Waals surface area contributed by atoms with Crippen molar-refractivity contribution in [2.45, 2.75) is 51.8 Å². The number of thiophene rings is 1. The Morgan fingerprint density at radius 2 is 2.12 bits per heavy atom. The van der Waals surface area contributed by atoms with Crippen molar-refractivity contribution < 1.29 is 9.53 Å². The Bertz CT molecular complexity index is 1560. The summed E-state index contributed by atoms with van der Waals surface area (Å²) in [4.78, 5) is 32.9. The average molecular weight is 589 g/mol. The van der Waals surface area contributed by atoms with Gasteiger partial charge >= 0.3 is 0 Å². The minimum absolute atomic E-state index is 0.0715. The van der Waals surface area contributed by atoms with E-state index in [0.717, 1.165) is 51.8 Å². The van der Waals surface area contributed by atoms with E-state index >= 15 is 0 Å². The molecule has 1 aromatic carbocycles. The maximum atomic E-state index is 13.0. The lowest BCUT2D eigenvalue weighted by Gasteiger charge is -2.32. The molecule has 0 bridgehead atoms. The third-order valence-electron chi connectivity index (χ3n) is 7.79. The summed E-state index contributed by atoms with van der Waals surface area (Å²) in [6, 6.07) is 11.9. The van der Waals surface area contributed by atoms with E-state index in [9.17, 15) is 4.79 Å². The maximum Gasteiger partial charge on any atom is 0.246 e. The van der Waals surface area contributed by atoms with Crippen LogP contribution in [-0.2, 0) is 24.4 Å². The molecule has 0 aliphatic carbocycles. The van der Waals surface area contributed by atoms with Crippen molar-refractivity contribution in [2.75, 3.05) is 25.0 Å². The van der Waals surface area contributed by atoms with Crippen LogP contribution < -0.4 is 10.1 Å². The van der Waals surface area contributed by atoms with Gasteiger partial charge in [-0.2, -0.15) is 0 Å². The zero-order chi connectivity index (χ0) is 28.2. The minimum atomic E-state index is 0.0715. The molecule has 1 unspecified atom stereocenters. The topological polar surface area (TPSA) is 83.5 Å². The fourth-order valence-corrected chi connectivity index (χ4v) is 6.94. The van der Waals surface area contributed by atoms with Crippen LogP contribution >= 0.6 is 22.9 Å². The van der Waals surface area contributed by atoms with Gasteiger partial charge in [-0.15, -0.1) is 11.3 Å². The molecule has 1 N–H and O–H groups in total. The zero-order valence-corrected chi connectivity index (χ0v) is 24.6. The zero-order valence-electron chi connectivity index (χ0n) is 23.1. The molecule has 5 heterocycles. The van der Waals surface area contributed by atoms with Gasteiger partial charge in [0.25, 0.3) is 0 Å². The first-order chi connectivity index (χ1) is 20.0. The summed E-state index contributed by atoms with van der Waals surface area (Å²) in [7, 11) is 0. The number of likely N-dealkylation sites (tertiary alicyclic amines) is 1. The molecule has 4 aromatic rings. The standard InChI is InChI=1S/C31H33ClN6O2S/c1-21-7-3-5-14-37(21)15-6-9-28(39)38-16-12-24-27(18-38)41-31-29(24)30(34-20-35-31)36-22-10-11-26(25(32)17-22)40-19-23-8-2-4-13-33-23/h2,4,6,8-11,13,17,20-21H,3,5,7,12,14-16,18-19H2,1H3,(H,34,35,36). The van der Waals surface area contributed by atoms with Gasteiger partial charge in [0.1, 0.15) is 29.3 Å². The highest BCUT2D eigenvalue weighted by atomic mass is 35.5. The predicted octanol–water partition coefficient (Wildman–Crippen LogP) is 6.38. The van der Waals surface area contributed by atoms with E-state index in [1.165, 1.54) is 24.8 Å². The Morgan fingerprint density at radius 3 is 2.95 bits per heavy atom. The molecule has 1 fully saturated rings. The number of anilines is 2. The summed E-state index contributed by atoms with van der Waals surface area (Å²) in [6.45, 7) is 5.83. The number of amides is 1. The molecule has 212 valence electrons. The highest BCUT2D eigenvalue weighted by Gasteiger charge is 2.26. The second-order valence-electron chi connectivity index (χ2n) is 10.5. The molecule has 0 radical (unpaired) electrons. The Labute approximate surface area is 249 Å². The third-order valence-corrected chi connectivity index (χ3v) is 9.21. The van der Waals surface area contributed by atoms with E-state index in [0.29, 0.717) is 36.5 Å². The lowest BCUT2D eigenvalue weighted by Crippen LogP contribution is -2.37. The molecule has 3 aromatic heterocycles. The molecule has 41 heavy (non-hydrogen) atoms. The summed E-state index contributed by atoms with van der Waals surface area (Å²) >= 11 is 8.18. The first-order valence-corrected chi connectivity index (χ1v) is 15.3. The van der Waals surface area contributed by atoms with E-state index in [1.807, 2.05) is 47.4 Å². The average Bonchev–Trinajstić information content (AvgIpc) is 3.37. The molecule has 1 saturated heterocycles. The Hall–Kier alpha value is -3.53. The number of carbonyl (C=O) groups is 1. The highest BCUT2D eigenvalue weighted by molar-refractivity contribution is 7.19. The number of halogens is 1. The van der Waals surface area contributed by atoms with E-state index < -0.39 is 0 Å². The Morgan fingerprint density at radius 1 is 1.20 bits per heavy atom. The van der Waals surface area contributed by atoms with Crippen molar-refractivity contribution in [3.8, 4) is 5.75 Å². The van der Waals surface area contributed by atoms with Gasteiger partial charge in [-0.05, 0) is 68.6 Å². The number of ether oxygens (including phenoxy) is 1. The summed E-state index contributed by atoms with van der Waals surface area (Å²) in [6.07, 6.45) is 11.6. The van der Waals surface area contributed by atoms with Crippen LogP contribution in [0.5, 0.6) is 5.75 Å². The van der Waals surface area contributed by atoms with E-state index in [1.54, 1.807) is 29.9 Å². The Kier molecular flexibility index (Phi) is 8.46. The molecule has 0 spiro atoms. The Balaban J connectivity index is 1.13. The van der Waals surface area contributed by atoms with E-state index in [2.05, 4.69) is 32.1 Å². The number of pyridine rings is 1. The third kappa shape index (κ3) is 6.37. The van der Waals surface area contributed by atoms with E-state index in [4.69, 9.17) is 16.3 Å². The van der Waals surface area contributed by atoms with Gasteiger partial charge in [0, 0.05) is 42.0 Å². The minimum Gasteiger partial charge on any atom is -0.486 e. The first kappa shape index (κ1) is 27.6. The van der Waals surface area contributed by atoms with Gasteiger partial charge in [-0.25, -0.2) is 9.97 Å². The normalized spacial score (nSPS) is 17.6. The number of benzene rings is 1. The molecule has 10 heteroatoms. The largest absolute Gasteiger partial charge is 0.486 e. The van der Waals surface area contributed by atoms with Crippen LogP contribution in [0.1, 0.15) is 42.3 Å². The first-order valence-electron chi connectivity index (χ1n) is 14.1. The monoisotopic (exact) mass is 588 g/mol. The van der Waals surface area contributed by atoms with Crippen LogP contribution in [0.15, 0.2) is 61.1 Å². The number of hydrogen-bond acceptors (Lipinski definition) is 8. The number of nitrogens with one attached hydrogen (secondary N) is 1. The SMILES string of the molecule is CC1CCCCN1CC=CC(=O)N1CCc2c(sc3ncnc(Nc4ccc(OCc5ccccn5)c(Cl)c4)c23)C1. The number of hydrogen-bond donors (Lipinski definition) is 1. The van der Waals surface area contributed by atoms with Crippen molar-refractivity contribution in [1.29, 1.82) is 0 Å². The highest BCUT2D eigenvalue weighted by Crippen LogP contribution is 2.39.